The van der Waals surface area contributed by atoms with E-state index in [-0.39, 0.29) is 12.6 Å². The first-order chi connectivity index (χ1) is 10.4. The predicted octanol–water partition coefficient (Wildman–Crippen LogP) is 2.11. The minimum absolute atomic E-state index is 0.162. The van der Waals surface area contributed by atoms with Gasteiger partial charge in [0.2, 0.25) is 0 Å². The number of carbonyl (C=O) groups excluding carboxylic acids is 1. The van der Waals surface area contributed by atoms with Gasteiger partial charge in [0.25, 0.3) is 0 Å². The van der Waals surface area contributed by atoms with Gasteiger partial charge in [-0.15, -0.1) is 0 Å². The van der Waals surface area contributed by atoms with Crippen LogP contribution in [0, 0.1) is 5.92 Å². The van der Waals surface area contributed by atoms with Crippen LogP contribution in [0.1, 0.15) is 12.5 Å². The zero-order valence-corrected chi connectivity index (χ0v) is 12.9. The third-order valence-corrected chi connectivity index (χ3v) is 3.05. The average molecular weight is 306 g/mol. The summed E-state index contributed by atoms with van der Waals surface area (Å²) in [5.41, 5.74) is 0.930. The van der Waals surface area contributed by atoms with E-state index in [2.05, 4.69) is 11.9 Å². The summed E-state index contributed by atoms with van der Waals surface area (Å²) in [7, 11) is 1.57. The molecular formula is C16H22N2O4. The molecule has 0 aliphatic heterocycles. The Balaban J connectivity index is 2.43. The second-order valence-corrected chi connectivity index (χ2v) is 5.02. The molecular weight excluding hydrogens is 284 g/mol. The number of carbonyl (C=O) groups is 2. The number of nitrogens with zero attached hydrogens (tertiary/aromatic N) is 1. The van der Waals surface area contributed by atoms with Crippen molar-refractivity contribution in [2.24, 2.45) is 5.92 Å². The van der Waals surface area contributed by atoms with E-state index >= 15 is 0 Å². The lowest BCUT2D eigenvalue weighted by Gasteiger charge is -2.20. The Bertz CT molecular complexity index is 513. The molecule has 0 aliphatic carbocycles. The van der Waals surface area contributed by atoms with Crippen LogP contribution in [0.15, 0.2) is 36.9 Å². The molecule has 1 aromatic carbocycles. The third-order valence-electron chi connectivity index (χ3n) is 3.05. The van der Waals surface area contributed by atoms with E-state index in [1.165, 1.54) is 4.90 Å². The maximum atomic E-state index is 11.9. The standard InChI is InChI=1S/C16H22N2O4/c1-4-9-22-14-7-5-13(6-8-14)10-17-16(21)18(3)11-12(2)15(19)20/h4-8,12H,1,9-11H2,2-3H3,(H,17,21)(H,19,20). The molecule has 2 N–H and O–H groups in total. The van der Waals surface area contributed by atoms with Crippen LogP contribution in [0.2, 0.25) is 0 Å². The Morgan fingerprint density at radius 3 is 2.59 bits per heavy atom. The van der Waals surface area contributed by atoms with E-state index < -0.39 is 11.9 Å². The smallest absolute Gasteiger partial charge is 0.317 e. The molecule has 0 heterocycles. The number of hydrogen-bond acceptors (Lipinski definition) is 3. The summed E-state index contributed by atoms with van der Waals surface area (Å²) in [6.45, 7) is 6.12. The van der Waals surface area contributed by atoms with Crippen LogP contribution < -0.4 is 10.1 Å². The van der Waals surface area contributed by atoms with E-state index in [0.29, 0.717) is 13.2 Å². The molecule has 0 aromatic heterocycles. The van der Waals surface area contributed by atoms with Crippen LogP contribution in [0.25, 0.3) is 0 Å². The van der Waals surface area contributed by atoms with Crippen molar-refractivity contribution in [3.05, 3.63) is 42.5 Å². The molecule has 2 amide bonds. The predicted molar refractivity (Wildman–Crippen MR) is 83.8 cm³/mol. The highest BCUT2D eigenvalue weighted by molar-refractivity contribution is 5.75. The Morgan fingerprint density at radius 2 is 2.05 bits per heavy atom. The largest absolute Gasteiger partial charge is 0.490 e. The summed E-state index contributed by atoms with van der Waals surface area (Å²) in [6, 6.07) is 7.06. The zero-order valence-electron chi connectivity index (χ0n) is 12.9. The topological polar surface area (TPSA) is 78.9 Å². The molecule has 0 saturated heterocycles. The molecule has 0 fully saturated rings. The second kappa shape index (κ2) is 8.71. The maximum absolute atomic E-state index is 11.9. The molecule has 6 heteroatoms. The maximum Gasteiger partial charge on any atom is 0.317 e. The van der Waals surface area contributed by atoms with Crippen LogP contribution in [0.4, 0.5) is 4.79 Å². The van der Waals surface area contributed by atoms with Gasteiger partial charge in [-0.1, -0.05) is 31.7 Å². The molecule has 6 nitrogen and oxygen atoms in total. The van der Waals surface area contributed by atoms with Crippen molar-refractivity contribution in [3.8, 4) is 5.75 Å². The first kappa shape index (κ1) is 17.6. The third kappa shape index (κ3) is 5.87. The normalized spacial score (nSPS) is 11.4. The van der Waals surface area contributed by atoms with Crippen molar-refractivity contribution in [3.63, 3.8) is 0 Å². The lowest BCUT2D eigenvalue weighted by Crippen LogP contribution is -2.40. The molecule has 0 radical (unpaired) electrons. The summed E-state index contributed by atoms with van der Waals surface area (Å²) >= 11 is 0. The van der Waals surface area contributed by atoms with Gasteiger partial charge in [-0.05, 0) is 17.7 Å². The molecule has 120 valence electrons. The average Bonchev–Trinajstić information content (AvgIpc) is 2.51. The summed E-state index contributed by atoms with van der Waals surface area (Å²) in [6.07, 6.45) is 1.67. The number of rotatable bonds is 8. The molecule has 22 heavy (non-hydrogen) atoms. The van der Waals surface area contributed by atoms with E-state index in [1.807, 2.05) is 24.3 Å². The van der Waals surface area contributed by atoms with Gasteiger partial charge >= 0.3 is 12.0 Å². The highest BCUT2D eigenvalue weighted by Gasteiger charge is 2.16. The van der Waals surface area contributed by atoms with E-state index in [9.17, 15) is 9.59 Å². The van der Waals surface area contributed by atoms with Crippen LogP contribution in [-0.2, 0) is 11.3 Å². The van der Waals surface area contributed by atoms with Gasteiger partial charge in [0.1, 0.15) is 12.4 Å². The van der Waals surface area contributed by atoms with Gasteiger partial charge in [-0.3, -0.25) is 4.79 Å². The van der Waals surface area contributed by atoms with Crippen molar-refractivity contribution >= 4 is 12.0 Å². The number of ether oxygens (including phenoxy) is 1. The quantitative estimate of drug-likeness (QED) is 0.721. The summed E-state index contributed by atoms with van der Waals surface area (Å²) < 4.78 is 5.37. The number of hydrogen-bond donors (Lipinski definition) is 2. The number of carboxylic acid groups (broad SMARTS) is 1. The number of nitrogens with one attached hydrogen (secondary N) is 1. The van der Waals surface area contributed by atoms with Crippen molar-refractivity contribution in [2.45, 2.75) is 13.5 Å². The van der Waals surface area contributed by atoms with Crippen molar-refractivity contribution in [1.82, 2.24) is 10.2 Å². The number of carboxylic acids is 1. The fourth-order valence-corrected chi connectivity index (χ4v) is 1.74. The lowest BCUT2D eigenvalue weighted by atomic mass is 10.2. The highest BCUT2D eigenvalue weighted by atomic mass is 16.5. The van der Waals surface area contributed by atoms with E-state index in [1.54, 1.807) is 20.0 Å². The van der Waals surface area contributed by atoms with E-state index in [0.717, 1.165) is 11.3 Å². The number of benzene rings is 1. The summed E-state index contributed by atoms with van der Waals surface area (Å²) in [5, 5.41) is 11.6. The monoisotopic (exact) mass is 306 g/mol. The van der Waals surface area contributed by atoms with Gasteiger partial charge in [-0.25, -0.2) is 4.79 Å². The minimum Gasteiger partial charge on any atom is -0.490 e. The molecule has 0 bridgehead atoms. The van der Waals surface area contributed by atoms with Crippen molar-refractivity contribution in [1.29, 1.82) is 0 Å². The van der Waals surface area contributed by atoms with Crippen molar-refractivity contribution in [2.75, 3.05) is 20.2 Å². The molecule has 1 unspecified atom stereocenters. The SMILES string of the molecule is C=CCOc1ccc(CNC(=O)N(C)CC(C)C(=O)O)cc1. The lowest BCUT2D eigenvalue weighted by molar-refractivity contribution is -0.141. The number of amides is 2. The Kier molecular flexibility index (Phi) is 6.95. The minimum atomic E-state index is -0.922. The molecule has 1 rings (SSSR count). The van der Waals surface area contributed by atoms with Crippen LogP contribution >= 0.6 is 0 Å². The number of urea groups is 1. The highest BCUT2D eigenvalue weighted by Crippen LogP contribution is 2.12. The first-order valence-electron chi connectivity index (χ1n) is 6.98. The van der Waals surface area contributed by atoms with Gasteiger partial charge in [0, 0.05) is 20.1 Å². The zero-order chi connectivity index (χ0) is 16.5. The van der Waals surface area contributed by atoms with Crippen LogP contribution in [-0.4, -0.2) is 42.2 Å². The summed E-state index contributed by atoms with van der Waals surface area (Å²) in [4.78, 5) is 24.0. The van der Waals surface area contributed by atoms with Crippen LogP contribution in [0.3, 0.4) is 0 Å². The fourth-order valence-electron chi connectivity index (χ4n) is 1.74. The molecule has 0 saturated carbocycles. The fraction of sp³-hybridized carbons (Fsp3) is 0.375. The van der Waals surface area contributed by atoms with E-state index in [4.69, 9.17) is 9.84 Å². The van der Waals surface area contributed by atoms with Gasteiger partial charge in [0.15, 0.2) is 0 Å². The molecule has 1 aromatic rings. The Hall–Kier alpha value is -2.50. The Morgan fingerprint density at radius 1 is 1.41 bits per heavy atom. The molecule has 0 spiro atoms. The van der Waals surface area contributed by atoms with Gasteiger partial charge in [0.05, 0.1) is 5.92 Å². The molecule has 0 aliphatic rings. The van der Waals surface area contributed by atoms with Gasteiger partial charge < -0.3 is 20.1 Å². The second-order valence-electron chi connectivity index (χ2n) is 5.02. The van der Waals surface area contributed by atoms with Crippen LogP contribution in [0.5, 0.6) is 5.75 Å². The van der Waals surface area contributed by atoms with Gasteiger partial charge in [-0.2, -0.15) is 0 Å². The number of aliphatic carboxylic acids is 1. The summed E-state index contributed by atoms with van der Waals surface area (Å²) in [5.74, 6) is -0.783. The molecule has 1 atom stereocenters. The Labute approximate surface area is 130 Å². The first-order valence-corrected chi connectivity index (χ1v) is 6.98. The van der Waals surface area contributed by atoms with Crippen molar-refractivity contribution < 1.29 is 19.4 Å².